The lowest BCUT2D eigenvalue weighted by atomic mass is 9.91. The summed E-state index contributed by atoms with van der Waals surface area (Å²) in [5.74, 6) is 1.03. The first kappa shape index (κ1) is 23.4. The van der Waals surface area contributed by atoms with E-state index in [9.17, 15) is 13.6 Å². The fourth-order valence-corrected chi connectivity index (χ4v) is 4.84. The van der Waals surface area contributed by atoms with E-state index in [4.69, 9.17) is 9.72 Å². The van der Waals surface area contributed by atoms with E-state index in [1.807, 2.05) is 0 Å². The highest BCUT2D eigenvalue weighted by atomic mass is 19.3. The molecule has 2 aromatic heterocycles. The first-order chi connectivity index (χ1) is 17.0. The number of halogens is 2. The molecule has 0 bridgehead atoms. The Labute approximate surface area is 201 Å². The molecule has 1 aromatic carbocycles. The maximum atomic E-state index is 14.0. The van der Waals surface area contributed by atoms with E-state index in [1.165, 1.54) is 11.5 Å². The van der Waals surface area contributed by atoms with Crippen LogP contribution in [0.2, 0.25) is 0 Å². The van der Waals surface area contributed by atoms with E-state index >= 15 is 0 Å². The number of aromatic nitrogens is 4. The number of rotatable bonds is 6. The number of nitrogens with one attached hydrogen (secondary N) is 2. The Bertz CT molecular complexity index is 1190. The number of para-hydroxylation sites is 2. The highest BCUT2D eigenvalue weighted by Crippen LogP contribution is 2.30. The minimum absolute atomic E-state index is 0.0185. The van der Waals surface area contributed by atoms with E-state index in [0.29, 0.717) is 54.9 Å². The number of ether oxygens (including phenoxy) is 1. The zero-order chi connectivity index (χ0) is 24.4. The number of hydrogen-bond donors (Lipinski definition) is 2. The third-order valence-corrected chi connectivity index (χ3v) is 6.51. The van der Waals surface area contributed by atoms with Crippen molar-refractivity contribution >= 4 is 28.7 Å². The van der Waals surface area contributed by atoms with Gasteiger partial charge in [0.15, 0.2) is 5.82 Å². The van der Waals surface area contributed by atoms with Gasteiger partial charge in [-0.2, -0.15) is 9.97 Å². The molecule has 1 saturated heterocycles. The van der Waals surface area contributed by atoms with Crippen molar-refractivity contribution in [3.8, 4) is 5.82 Å². The SMILES string of the molecule is CC(=O)NC1CCC(Nc2nc(N3CCOCC3)cc(-n3c(C(F)F)nc4ccccc43)n2)CC1. The van der Waals surface area contributed by atoms with Crippen molar-refractivity contribution in [3.05, 3.63) is 36.2 Å². The van der Waals surface area contributed by atoms with Gasteiger partial charge < -0.3 is 20.3 Å². The van der Waals surface area contributed by atoms with E-state index in [0.717, 1.165) is 25.7 Å². The Morgan fingerprint density at radius 1 is 1.03 bits per heavy atom. The van der Waals surface area contributed by atoms with Crippen LogP contribution in [0.5, 0.6) is 0 Å². The number of hydrogen-bond acceptors (Lipinski definition) is 7. The molecule has 0 unspecified atom stereocenters. The summed E-state index contributed by atoms with van der Waals surface area (Å²) < 4.78 is 34.9. The Morgan fingerprint density at radius 2 is 1.71 bits per heavy atom. The first-order valence-corrected chi connectivity index (χ1v) is 12.0. The first-order valence-electron chi connectivity index (χ1n) is 12.0. The second kappa shape index (κ2) is 10.1. The molecule has 0 atom stereocenters. The van der Waals surface area contributed by atoms with Gasteiger partial charge in [-0.15, -0.1) is 0 Å². The molecule has 1 aliphatic heterocycles. The van der Waals surface area contributed by atoms with E-state index < -0.39 is 6.43 Å². The number of carbonyl (C=O) groups is 1. The summed E-state index contributed by atoms with van der Waals surface area (Å²) in [6.07, 6.45) is 0.650. The van der Waals surface area contributed by atoms with Gasteiger partial charge in [0.05, 0.1) is 24.2 Å². The zero-order valence-corrected chi connectivity index (χ0v) is 19.6. The summed E-state index contributed by atoms with van der Waals surface area (Å²) in [4.78, 5) is 27.0. The van der Waals surface area contributed by atoms with Crippen molar-refractivity contribution in [2.45, 2.75) is 51.1 Å². The van der Waals surface area contributed by atoms with Crippen molar-refractivity contribution in [3.63, 3.8) is 0 Å². The van der Waals surface area contributed by atoms with Crippen LogP contribution in [0, 0.1) is 0 Å². The van der Waals surface area contributed by atoms with Gasteiger partial charge >= 0.3 is 0 Å². The van der Waals surface area contributed by atoms with Crippen molar-refractivity contribution in [1.82, 2.24) is 24.8 Å². The van der Waals surface area contributed by atoms with E-state index in [-0.39, 0.29) is 23.8 Å². The number of imidazole rings is 1. The van der Waals surface area contributed by atoms with Crippen molar-refractivity contribution in [1.29, 1.82) is 0 Å². The second-order valence-electron chi connectivity index (χ2n) is 9.00. The summed E-state index contributed by atoms with van der Waals surface area (Å²) in [5, 5.41) is 6.40. The maximum absolute atomic E-state index is 14.0. The number of anilines is 2. The smallest absolute Gasteiger partial charge is 0.296 e. The van der Waals surface area contributed by atoms with Gasteiger partial charge in [-0.25, -0.2) is 13.8 Å². The Kier molecular flexibility index (Phi) is 6.76. The van der Waals surface area contributed by atoms with Gasteiger partial charge in [0.1, 0.15) is 11.6 Å². The average molecular weight is 486 g/mol. The molecular formula is C24H29F2N7O2. The molecule has 1 aliphatic carbocycles. The van der Waals surface area contributed by atoms with Gasteiger partial charge in [-0.3, -0.25) is 9.36 Å². The van der Waals surface area contributed by atoms with Crippen LogP contribution < -0.4 is 15.5 Å². The lowest BCUT2D eigenvalue weighted by Gasteiger charge is -2.31. The second-order valence-corrected chi connectivity index (χ2v) is 9.00. The average Bonchev–Trinajstić information content (AvgIpc) is 3.25. The van der Waals surface area contributed by atoms with Gasteiger partial charge in [0, 0.05) is 38.2 Å². The van der Waals surface area contributed by atoms with Gasteiger partial charge in [-0.1, -0.05) is 12.1 Å². The fraction of sp³-hybridized carbons (Fsp3) is 0.500. The molecular weight excluding hydrogens is 456 g/mol. The molecule has 3 aromatic rings. The normalized spacial score (nSPS) is 20.9. The number of carbonyl (C=O) groups excluding carboxylic acids is 1. The standard InChI is InChI=1S/C24H29F2N7O2/c1-15(34)27-16-6-8-17(9-7-16)28-24-30-20(32-10-12-35-13-11-32)14-21(31-24)33-19-5-3-2-4-18(19)29-23(33)22(25)26/h2-5,14,16-17,22H,6-13H2,1H3,(H,27,34)(H,28,30,31). The summed E-state index contributed by atoms with van der Waals surface area (Å²) in [6, 6.07) is 9.10. The van der Waals surface area contributed by atoms with Crippen LogP contribution in [0.1, 0.15) is 44.9 Å². The van der Waals surface area contributed by atoms with Crippen molar-refractivity contribution in [2.75, 3.05) is 36.5 Å². The molecule has 0 spiro atoms. The van der Waals surface area contributed by atoms with E-state index in [1.54, 1.807) is 30.3 Å². The molecule has 9 nitrogen and oxygen atoms in total. The van der Waals surface area contributed by atoms with Crippen LogP contribution in [-0.2, 0) is 9.53 Å². The van der Waals surface area contributed by atoms with Gasteiger partial charge in [0.25, 0.3) is 6.43 Å². The molecule has 5 rings (SSSR count). The van der Waals surface area contributed by atoms with Crippen molar-refractivity contribution in [2.24, 2.45) is 0 Å². The van der Waals surface area contributed by atoms with Crippen LogP contribution in [0.15, 0.2) is 30.3 Å². The predicted molar refractivity (Wildman–Crippen MR) is 128 cm³/mol. The summed E-state index contributed by atoms with van der Waals surface area (Å²) in [6.45, 7) is 4.00. The third kappa shape index (κ3) is 5.19. The molecule has 0 radical (unpaired) electrons. The highest BCUT2D eigenvalue weighted by Gasteiger charge is 2.25. The summed E-state index contributed by atoms with van der Waals surface area (Å²) >= 11 is 0. The number of amides is 1. The minimum atomic E-state index is -2.76. The van der Waals surface area contributed by atoms with Gasteiger partial charge in [0.2, 0.25) is 11.9 Å². The molecule has 1 amide bonds. The minimum Gasteiger partial charge on any atom is -0.378 e. The topological polar surface area (TPSA) is 97.2 Å². The number of benzene rings is 1. The molecule has 2 fully saturated rings. The number of morpholine rings is 1. The lowest BCUT2D eigenvalue weighted by Crippen LogP contribution is -2.39. The predicted octanol–water partition coefficient (Wildman–Crippen LogP) is 3.45. The Balaban J connectivity index is 1.49. The fourth-order valence-electron chi connectivity index (χ4n) is 4.84. The molecule has 3 heterocycles. The molecule has 11 heteroatoms. The summed E-state index contributed by atoms with van der Waals surface area (Å²) in [5.41, 5.74) is 1.05. The number of alkyl halides is 2. The largest absolute Gasteiger partial charge is 0.378 e. The molecule has 186 valence electrons. The lowest BCUT2D eigenvalue weighted by molar-refractivity contribution is -0.119. The van der Waals surface area contributed by atoms with Gasteiger partial charge in [-0.05, 0) is 37.8 Å². The highest BCUT2D eigenvalue weighted by molar-refractivity contribution is 5.78. The molecule has 2 N–H and O–H groups in total. The van der Waals surface area contributed by atoms with E-state index in [2.05, 4.69) is 25.5 Å². The Morgan fingerprint density at radius 3 is 2.43 bits per heavy atom. The van der Waals surface area contributed by atoms with Crippen molar-refractivity contribution < 1.29 is 18.3 Å². The molecule has 1 saturated carbocycles. The quantitative estimate of drug-likeness (QED) is 0.552. The molecule has 2 aliphatic rings. The van der Waals surface area contributed by atoms with Crippen LogP contribution >= 0.6 is 0 Å². The zero-order valence-electron chi connectivity index (χ0n) is 19.6. The number of nitrogens with zero attached hydrogens (tertiary/aromatic N) is 5. The van der Waals surface area contributed by atoms with Crippen LogP contribution in [0.25, 0.3) is 16.9 Å². The third-order valence-electron chi connectivity index (χ3n) is 6.51. The van der Waals surface area contributed by atoms with Crippen LogP contribution in [0.4, 0.5) is 20.5 Å². The molecule has 35 heavy (non-hydrogen) atoms. The van der Waals surface area contributed by atoms with Crippen LogP contribution in [-0.4, -0.2) is 63.8 Å². The maximum Gasteiger partial charge on any atom is 0.296 e. The number of fused-ring (bicyclic) bond motifs is 1. The summed E-state index contributed by atoms with van der Waals surface area (Å²) in [7, 11) is 0. The van der Waals surface area contributed by atoms with Crippen LogP contribution in [0.3, 0.4) is 0 Å². The monoisotopic (exact) mass is 485 g/mol. The Hall–Kier alpha value is -3.34.